The number of ether oxygens (including phenoxy) is 1. The zero-order chi connectivity index (χ0) is 10.7. The van der Waals surface area contributed by atoms with Gasteiger partial charge in [0.2, 0.25) is 0 Å². The Bertz CT molecular complexity index is 342. The van der Waals surface area contributed by atoms with Crippen LogP contribution >= 0.6 is 27.5 Å². The minimum atomic E-state index is -1.02. The quantitative estimate of drug-likeness (QED) is 0.924. The van der Waals surface area contributed by atoms with Crippen molar-refractivity contribution in [2.24, 2.45) is 0 Å². The molecule has 0 aliphatic rings. The van der Waals surface area contributed by atoms with Crippen molar-refractivity contribution in [2.45, 2.75) is 6.92 Å². The van der Waals surface area contributed by atoms with Gasteiger partial charge in [-0.3, -0.25) is 0 Å². The summed E-state index contributed by atoms with van der Waals surface area (Å²) in [6.45, 7) is 2.30. The number of benzene rings is 1. The molecule has 0 atom stereocenters. The van der Waals surface area contributed by atoms with Gasteiger partial charge >= 0.3 is 5.97 Å². The van der Waals surface area contributed by atoms with E-state index in [4.69, 9.17) is 21.4 Å². The topological polar surface area (TPSA) is 46.5 Å². The molecule has 1 N–H and O–H groups in total. The van der Waals surface area contributed by atoms with Crippen LogP contribution in [0.2, 0.25) is 5.02 Å². The summed E-state index contributed by atoms with van der Waals surface area (Å²) < 4.78 is 5.78. The van der Waals surface area contributed by atoms with Gasteiger partial charge in [0.15, 0.2) is 5.75 Å². The van der Waals surface area contributed by atoms with Gasteiger partial charge < -0.3 is 9.84 Å². The molecule has 0 aromatic heterocycles. The highest BCUT2D eigenvalue weighted by Gasteiger charge is 2.12. The molecule has 76 valence electrons. The lowest BCUT2D eigenvalue weighted by atomic mass is 10.2. The van der Waals surface area contributed by atoms with E-state index in [0.717, 1.165) is 0 Å². The predicted octanol–water partition coefficient (Wildman–Crippen LogP) is 3.20. The maximum Gasteiger partial charge on any atom is 0.335 e. The summed E-state index contributed by atoms with van der Waals surface area (Å²) in [5.74, 6) is -0.546. The van der Waals surface area contributed by atoms with Crippen LogP contribution in [0.5, 0.6) is 5.75 Å². The SMILES string of the molecule is CCOc1c(Cl)cc(C(=O)O)cc1Br. The van der Waals surface area contributed by atoms with Crippen LogP contribution < -0.4 is 4.74 Å². The third-order valence-corrected chi connectivity index (χ3v) is 2.40. The average molecular weight is 280 g/mol. The summed E-state index contributed by atoms with van der Waals surface area (Å²) in [5, 5.41) is 9.02. The van der Waals surface area contributed by atoms with E-state index >= 15 is 0 Å². The molecule has 0 fully saturated rings. The van der Waals surface area contributed by atoms with Gasteiger partial charge in [-0.05, 0) is 35.0 Å². The van der Waals surface area contributed by atoms with Crippen LogP contribution in [-0.4, -0.2) is 17.7 Å². The highest BCUT2D eigenvalue weighted by Crippen LogP contribution is 2.34. The van der Waals surface area contributed by atoms with Crippen molar-refractivity contribution in [3.05, 3.63) is 27.2 Å². The van der Waals surface area contributed by atoms with Crippen molar-refractivity contribution < 1.29 is 14.6 Å². The fourth-order valence-electron chi connectivity index (χ4n) is 0.966. The first-order chi connectivity index (χ1) is 6.56. The lowest BCUT2D eigenvalue weighted by molar-refractivity contribution is 0.0697. The first-order valence-corrected chi connectivity index (χ1v) is 5.08. The van der Waals surface area contributed by atoms with Gasteiger partial charge in [0.25, 0.3) is 0 Å². The van der Waals surface area contributed by atoms with E-state index in [0.29, 0.717) is 21.9 Å². The molecule has 0 heterocycles. The Morgan fingerprint density at radius 1 is 1.64 bits per heavy atom. The van der Waals surface area contributed by atoms with Crippen molar-refractivity contribution in [2.75, 3.05) is 6.61 Å². The van der Waals surface area contributed by atoms with Gasteiger partial charge in [-0.2, -0.15) is 0 Å². The Balaban J connectivity index is 3.18. The van der Waals surface area contributed by atoms with Crippen molar-refractivity contribution in [1.82, 2.24) is 0 Å². The van der Waals surface area contributed by atoms with Crippen LogP contribution in [0.3, 0.4) is 0 Å². The smallest absolute Gasteiger partial charge is 0.335 e. The Hall–Kier alpha value is -0.740. The number of hydrogen-bond acceptors (Lipinski definition) is 2. The van der Waals surface area contributed by atoms with E-state index in [1.54, 1.807) is 0 Å². The van der Waals surface area contributed by atoms with E-state index in [1.165, 1.54) is 12.1 Å². The molecule has 1 rings (SSSR count). The standard InChI is InChI=1S/C9H8BrClO3/c1-2-14-8-6(10)3-5(9(12)13)4-7(8)11/h3-4H,2H2,1H3,(H,12,13). The summed E-state index contributed by atoms with van der Waals surface area (Å²) in [4.78, 5) is 10.7. The van der Waals surface area contributed by atoms with Crippen molar-refractivity contribution in [3.8, 4) is 5.75 Å². The Morgan fingerprint density at radius 3 is 2.71 bits per heavy atom. The first-order valence-electron chi connectivity index (χ1n) is 3.91. The molecular weight excluding hydrogens is 271 g/mol. The molecule has 3 nitrogen and oxygen atoms in total. The van der Waals surface area contributed by atoms with Crippen LogP contribution in [0.15, 0.2) is 16.6 Å². The highest BCUT2D eigenvalue weighted by atomic mass is 79.9. The molecule has 0 saturated heterocycles. The van der Waals surface area contributed by atoms with Gasteiger partial charge in [-0.1, -0.05) is 11.6 Å². The number of carbonyl (C=O) groups is 1. The lowest BCUT2D eigenvalue weighted by Gasteiger charge is -2.08. The first kappa shape index (κ1) is 11.3. The second-order valence-corrected chi connectivity index (χ2v) is 3.77. The minimum absolute atomic E-state index is 0.130. The molecule has 0 saturated carbocycles. The van der Waals surface area contributed by atoms with Crippen LogP contribution in [0.4, 0.5) is 0 Å². The molecular formula is C9H8BrClO3. The zero-order valence-electron chi connectivity index (χ0n) is 7.38. The number of carboxylic acids is 1. The number of hydrogen-bond donors (Lipinski definition) is 1. The van der Waals surface area contributed by atoms with Gasteiger partial charge in [0, 0.05) is 0 Å². The van der Waals surface area contributed by atoms with Crippen molar-refractivity contribution >= 4 is 33.5 Å². The van der Waals surface area contributed by atoms with Gasteiger partial charge in [-0.25, -0.2) is 4.79 Å². The van der Waals surface area contributed by atoms with Crippen molar-refractivity contribution in [1.29, 1.82) is 0 Å². The maximum atomic E-state index is 10.7. The third-order valence-electron chi connectivity index (χ3n) is 1.53. The summed E-state index contributed by atoms with van der Waals surface area (Å²) >= 11 is 9.03. The highest BCUT2D eigenvalue weighted by molar-refractivity contribution is 9.10. The zero-order valence-corrected chi connectivity index (χ0v) is 9.72. The summed E-state index contributed by atoms with van der Waals surface area (Å²) in [5.41, 5.74) is 0.130. The van der Waals surface area contributed by atoms with Gasteiger partial charge in [0.05, 0.1) is 21.7 Å². The normalized spacial score (nSPS) is 9.93. The molecule has 5 heteroatoms. The van der Waals surface area contributed by atoms with E-state index < -0.39 is 5.97 Å². The molecule has 0 aliphatic heterocycles. The fourth-order valence-corrected chi connectivity index (χ4v) is 1.93. The summed E-state index contributed by atoms with van der Waals surface area (Å²) in [7, 11) is 0. The monoisotopic (exact) mass is 278 g/mol. The largest absolute Gasteiger partial charge is 0.491 e. The second kappa shape index (κ2) is 4.66. The molecule has 0 radical (unpaired) electrons. The van der Waals surface area contributed by atoms with E-state index in [-0.39, 0.29) is 5.56 Å². The molecule has 1 aromatic carbocycles. The second-order valence-electron chi connectivity index (χ2n) is 2.51. The number of rotatable bonds is 3. The number of aromatic carboxylic acids is 1. The van der Waals surface area contributed by atoms with E-state index in [2.05, 4.69) is 15.9 Å². The summed E-state index contributed by atoms with van der Waals surface area (Å²) in [6.07, 6.45) is 0. The Morgan fingerprint density at radius 2 is 2.29 bits per heavy atom. The molecule has 0 spiro atoms. The average Bonchev–Trinajstić information content (AvgIpc) is 2.10. The summed E-state index contributed by atoms with van der Waals surface area (Å²) in [6, 6.07) is 2.82. The molecule has 0 bridgehead atoms. The molecule has 1 aromatic rings. The van der Waals surface area contributed by atoms with Gasteiger partial charge in [-0.15, -0.1) is 0 Å². The van der Waals surface area contributed by atoms with Crippen molar-refractivity contribution in [3.63, 3.8) is 0 Å². The number of carboxylic acid groups (broad SMARTS) is 1. The molecule has 14 heavy (non-hydrogen) atoms. The van der Waals surface area contributed by atoms with Crippen LogP contribution in [0.25, 0.3) is 0 Å². The lowest BCUT2D eigenvalue weighted by Crippen LogP contribution is -1.99. The van der Waals surface area contributed by atoms with Crippen LogP contribution in [0.1, 0.15) is 17.3 Å². The fraction of sp³-hybridized carbons (Fsp3) is 0.222. The van der Waals surface area contributed by atoms with Crippen LogP contribution in [-0.2, 0) is 0 Å². The Kier molecular flexibility index (Phi) is 3.77. The molecule has 0 unspecified atom stereocenters. The molecule has 0 aliphatic carbocycles. The minimum Gasteiger partial charge on any atom is -0.491 e. The third kappa shape index (κ3) is 2.39. The number of halogens is 2. The van der Waals surface area contributed by atoms with Crippen LogP contribution in [0, 0.1) is 0 Å². The van der Waals surface area contributed by atoms with Gasteiger partial charge in [0.1, 0.15) is 0 Å². The Labute approximate surface area is 94.8 Å². The van der Waals surface area contributed by atoms with E-state index in [1.807, 2.05) is 6.92 Å². The predicted molar refractivity (Wildman–Crippen MR) is 57.3 cm³/mol. The molecule has 0 amide bonds. The van der Waals surface area contributed by atoms with E-state index in [9.17, 15) is 4.79 Å². The maximum absolute atomic E-state index is 10.7.